The molecule has 0 aliphatic rings. The monoisotopic (exact) mass is 246 g/mol. The summed E-state index contributed by atoms with van der Waals surface area (Å²) in [4.78, 5) is 0. The Labute approximate surface area is 105 Å². The summed E-state index contributed by atoms with van der Waals surface area (Å²) in [5.41, 5.74) is 7.91. The smallest absolute Gasteiger partial charge is 0.167 e. The van der Waals surface area contributed by atoms with Gasteiger partial charge in [0.25, 0.3) is 0 Å². The molecule has 2 aromatic carbocycles. The third-order valence-corrected chi connectivity index (χ3v) is 2.65. The number of nitrogen functional groups attached to an aromatic ring is 1. The lowest BCUT2D eigenvalue weighted by Crippen LogP contribution is -2.03. The highest BCUT2D eigenvalue weighted by Crippen LogP contribution is 2.28. The molecule has 0 fully saturated rings. The average molecular weight is 246 g/mol. The highest BCUT2D eigenvalue weighted by atomic mass is 19.1. The quantitative estimate of drug-likeness (QED) is 0.815. The fourth-order valence-corrected chi connectivity index (χ4v) is 1.67. The number of rotatable bonds is 4. The van der Waals surface area contributed by atoms with Crippen LogP contribution in [0.2, 0.25) is 0 Å². The summed E-state index contributed by atoms with van der Waals surface area (Å²) in [5, 5.41) is 3.16. The van der Waals surface area contributed by atoms with Crippen molar-refractivity contribution in [3.63, 3.8) is 0 Å². The van der Waals surface area contributed by atoms with E-state index < -0.39 is 5.82 Å². The molecule has 0 aliphatic heterocycles. The molecule has 94 valence electrons. The molecule has 0 saturated heterocycles. The van der Waals surface area contributed by atoms with E-state index >= 15 is 0 Å². The minimum absolute atomic E-state index is 0.180. The minimum atomic E-state index is -0.458. The van der Waals surface area contributed by atoms with Gasteiger partial charge in [-0.1, -0.05) is 30.3 Å². The Morgan fingerprint density at radius 3 is 2.61 bits per heavy atom. The maximum absolute atomic E-state index is 13.4. The fraction of sp³-hybridized carbons (Fsp3) is 0.143. The molecular formula is C14H15FN2O. The second-order valence-electron chi connectivity index (χ2n) is 3.91. The number of nitrogens with one attached hydrogen (secondary N) is 1. The molecule has 0 saturated carbocycles. The highest BCUT2D eigenvalue weighted by Gasteiger charge is 2.07. The average Bonchev–Trinajstić information content (AvgIpc) is 2.39. The third kappa shape index (κ3) is 2.71. The zero-order valence-electron chi connectivity index (χ0n) is 10.1. The van der Waals surface area contributed by atoms with Crippen LogP contribution in [0, 0.1) is 5.82 Å². The van der Waals surface area contributed by atoms with Gasteiger partial charge in [0, 0.05) is 18.7 Å². The van der Waals surface area contributed by atoms with Crippen LogP contribution in [-0.4, -0.2) is 7.11 Å². The van der Waals surface area contributed by atoms with E-state index in [1.807, 2.05) is 30.3 Å². The van der Waals surface area contributed by atoms with Crippen LogP contribution in [0.25, 0.3) is 0 Å². The van der Waals surface area contributed by atoms with Crippen LogP contribution in [0.5, 0.6) is 5.75 Å². The van der Waals surface area contributed by atoms with Gasteiger partial charge in [0.05, 0.1) is 18.5 Å². The number of anilines is 2. The Bertz CT molecular complexity index is 529. The van der Waals surface area contributed by atoms with Gasteiger partial charge in [0.1, 0.15) is 0 Å². The summed E-state index contributed by atoms with van der Waals surface area (Å²) in [7, 11) is 1.43. The van der Waals surface area contributed by atoms with Crippen LogP contribution in [0.4, 0.5) is 15.8 Å². The van der Waals surface area contributed by atoms with Crippen molar-refractivity contribution in [2.24, 2.45) is 0 Å². The van der Waals surface area contributed by atoms with Gasteiger partial charge in [-0.25, -0.2) is 4.39 Å². The Morgan fingerprint density at radius 1 is 1.22 bits per heavy atom. The second-order valence-corrected chi connectivity index (χ2v) is 3.91. The van der Waals surface area contributed by atoms with E-state index in [1.54, 1.807) is 6.07 Å². The number of benzene rings is 2. The lowest BCUT2D eigenvalue weighted by atomic mass is 10.2. The summed E-state index contributed by atoms with van der Waals surface area (Å²) in [6.45, 7) is 0.625. The zero-order valence-corrected chi connectivity index (χ0v) is 10.1. The Morgan fingerprint density at radius 2 is 1.94 bits per heavy atom. The van der Waals surface area contributed by atoms with E-state index in [1.165, 1.54) is 13.2 Å². The maximum Gasteiger partial charge on any atom is 0.167 e. The lowest BCUT2D eigenvalue weighted by Gasteiger charge is -2.11. The minimum Gasteiger partial charge on any atom is -0.494 e. The normalized spacial score (nSPS) is 10.1. The predicted octanol–water partition coefficient (Wildman–Crippen LogP) is 3.03. The Kier molecular flexibility index (Phi) is 3.67. The van der Waals surface area contributed by atoms with Gasteiger partial charge in [-0.05, 0) is 5.56 Å². The van der Waals surface area contributed by atoms with E-state index in [0.717, 1.165) is 5.56 Å². The second kappa shape index (κ2) is 5.40. The molecule has 2 rings (SSSR count). The fourth-order valence-electron chi connectivity index (χ4n) is 1.67. The van der Waals surface area contributed by atoms with Gasteiger partial charge >= 0.3 is 0 Å². The molecule has 2 aromatic rings. The highest BCUT2D eigenvalue weighted by molar-refractivity contribution is 5.68. The first-order chi connectivity index (χ1) is 8.70. The molecule has 3 nitrogen and oxygen atoms in total. The summed E-state index contributed by atoms with van der Waals surface area (Å²) < 4.78 is 18.3. The lowest BCUT2D eigenvalue weighted by molar-refractivity contribution is 0.387. The van der Waals surface area contributed by atoms with Crippen LogP contribution in [0.1, 0.15) is 5.56 Å². The number of ether oxygens (including phenoxy) is 1. The van der Waals surface area contributed by atoms with Crippen molar-refractivity contribution in [1.82, 2.24) is 0 Å². The van der Waals surface area contributed by atoms with Crippen molar-refractivity contribution >= 4 is 11.4 Å². The first-order valence-corrected chi connectivity index (χ1v) is 5.61. The van der Waals surface area contributed by atoms with Crippen LogP contribution >= 0.6 is 0 Å². The van der Waals surface area contributed by atoms with Crippen molar-refractivity contribution in [1.29, 1.82) is 0 Å². The first-order valence-electron chi connectivity index (χ1n) is 5.61. The van der Waals surface area contributed by atoms with E-state index in [4.69, 9.17) is 10.5 Å². The van der Waals surface area contributed by atoms with E-state index in [9.17, 15) is 4.39 Å². The maximum atomic E-state index is 13.4. The Hall–Kier alpha value is -2.23. The molecule has 18 heavy (non-hydrogen) atoms. The molecule has 0 heterocycles. The van der Waals surface area contributed by atoms with Gasteiger partial charge in [-0.15, -0.1) is 0 Å². The summed E-state index contributed by atoms with van der Waals surface area (Å²) in [6, 6.07) is 12.7. The van der Waals surface area contributed by atoms with Crippen molar-refractivity contribution in [3.05, 3.63) is 53.8 Å². The van der Waals surface area contributed by atoms with Crippen molar-refractivity contribution < 1.29 is 9.13 Å². The largest absolute Gasteiger partial charge is 0.494 e. The van der Waals surface area contributed by atoms with Gasteiger partial charge in [-0.2, -0.15) is 0 Å². The zero-order chi connectivity index (χ0) is 13.0. The predicted molar refractivity (Wildman–Crippen MR) is 71.1 cm³/mol. The molecule has 0 bridgehead atoms. The van der Waals surface area contributed by atoms with E-state index in [0.29, 0.717) is 17.9 Å². The van der Waals surface area contributed by atoms with Gasteiger partial charge in [0.2, 0.25) is 0 Å². The van der Waals surface area contributed by atoms with Crippen molar-refractivity contribution in [2.45, 2.75) is 6.54 Å². The first kappa shape index (κ1) is 12.2. The number of nitrogens with two attached hydrogens (primary N) is 1. The van der Waals surface area contributed by atoms with Crippen LogP contribution in [0.3, 0.4) is 0 Å². The van der Waals surface area contributed by atoms with Crippen LogP contribution in [-0.2, 0) is 6.54 Å². The van der Waals surface area contributed by atoms with E-state index in [-0.39, 0.29) is 5.75 Å². The molecule has 0 unspecified atom stereocenters. The SMILES string of the molecule is COc1cc(NCc2ccccc2)c(N)cc1F. The molecule has 0 aliphatic carbocycles. The molecule has 0 radical (unpaired) electrons. The van der Waals surface area contributed by atoms with Crippen molar-refractivity contribution in [3.8, 4) is 5.75 Å². The topological polar surface area (TPSA) is 47.3 Å². The van der Waals surface area contributed by atoms with Crippen molar-refractivity contribution in [2.75, 3.05) is 18.2 Å². The number of halogens is 1. The standard InChI is InChI=1S/C14H15FN2O/c1-18-14-8-13(12(16)7-11(14)15)17-9-10-5-3-2-4-6-10/h2-8,17H,9,16H2,1H3. The molecule has 0 aromatic heterocycles. The molecule has 0 atom stereocenters. The molecule has 0 spiro atoms. The summed E-state index contributed by atoms with van der Waals surface area (Å²) >= 11 is 0. The van der Waals surface area contributed by atoms with E-state index in [2.05, 4.69) is 5.32 Å². The Balaban J connectivity index is 2.14. The summed E-state index contributed by atoms with van der Waals surface area (Å²) in [6.07, 6.45) is 0. The van der Waals surface area contributed by atoms with Crippen LogP contribution < -0.4 is 15.8 Å². The third-order valence-electron chi connectivity index (χ3n) is 2.65. The summed E-state index contributed by atoms with van der Waals surface area (Å²) in [5.74, 6) is -0.278. The number of methoxy groups -OCH3 is 1. The van der Waals surface area contributed by atoms with Gasteiger partial charge in [0.15, 0.2) is 11.6 Å². The molecule has 4 heteroatoms. The molecular weight excluding hydrogens is 231 g/mol. The van der Waals surface area contributed by atoms with Gasteiger partial charge < -0.3 is 15.8 Å². The van der Waals surface area contributed by atoms with Crippen LogP contribution in [0.15, 0.2) is 42.5 Å². The molecule has 3 N–H and O–H groups in total. The molecule has 0 amide bonds. The number of hydrogen-bond donors (Lipinski definition) is 2. The van der Waals surface area contributed by atoms with Gasteiger partial charge in [-0.3, -0.25) is 0 Å². The number of hydrogen-bond acceptors (Lipinski definition) is 3.